The van der Waals surface area contributed by atoms with Gasteiger partial charge in [0.25, 0.3) is 0 Å². The van der Waals surface area contributed by atoms with Crippen molar-refractivity contribution in [3.05, 3.63) is 30.1 Å². The molecule has 0 atom stereocenters. The van der Waals surface area contributed by atoms with Gasteiger partial charge < -0.3 is 10.1 Å². The van der Waals surface area contributed by atoms with Gasteiger partial charge in [-0.3, -0.25) is 4.98 Å². The number of ether oxygens (including phenoxy) is 1. The van der Waals surface area contributed by atoms with Crippen molar-refractivity contribution >= 4 is 12.4 Å². The molecule has 0 amide bonds. The number of halogens is 1. The predicted octanol–water partition coefficient (Wildman–Crippen LogP) is 2.41. The maximum Gasteiger partial charge on any atom is 0.0462 e. The molecule has 0 aromatic carbocycles. The second kappa shape index (κ2) is 10.9. The Morgan fingerprint density at radius 3 is 2.88 bits per heavy atom. The largest absolute Gasteiger partial charge is 0.385 e. The molecule has 1 aromatic heterocycles. The highest BCUT2D eigenvalue weighted by atomic mass is 35.5. The van der Waals surface area contributed by atoms with Gasteiger partial charge in [0.1, 0.15) is 0 Å². The summed E-state index contributed by atoms with van der Waals surface area (Å²) in [6.07, 6.45) is 7.30. The zero-order valence-corrected chi connectivity index (χ0v) is 10.6. The molecule has 1 heterocycles. The average Bonchev–Trinajstić information content (AvgIpc) is 2.29. The van der Waals surface area contributed by atoms with E-state index in [-0.39, 0.29) is 12.4 Å². The summed E-state index contributed by atoms with van der Waals surface area (Å²) in [7, 11) is 1.75. The smallest absolute Gasteiger partial charge is 0.0462 e. The van der Waals surface area contributed by atoms with Crippen molar-refractivity contribution in [1.29, 1.82) is 0 Å². The van der Waals surface area contributed by atoms with Crippen molar-refractivity contribution in [1.82, 2.24) is 10.3 Å². The van der Waals surface area contributed by atoms with Crippen LogP contribution in [0.4, 0.5) is 0 Å². The Balaban J connectivity index is 0.00000225. The fourth-order valence-electron chi connectivity index (χ4n) is 1.41. The lowest BCUT2D eigenvalue weighted by Gasteiger charge is -2.04. The Labute approximate surface area is 104 Å². The number of methoxy groups -OCH3 is 1. The summed E-state index contributed by atoms with van der Waals surface area (Å²) in [6, 6.07) is 4.06. The Bertz CT molecular complexity index is 244. The molecule has 16 heavy (non-hydrogen) atoms. The molecule has 1 rings (SSSR count). The molecule has 1 aromatic rings. The number of hydrogen-bond donors (Lipinski definition) is 1. The first-order chi connectivity index (χ1) is 7.43. The zero-order valence-electron chi connectivity index (χ0n) is 9.82. The number of rotatable bonds is 8. The molecule has 0 aliphatic rings. The highest BCUT2D eigenvalue weighted by molar-refractivity contribution is 5.85. The lowest BCUT2D eigenvalue weighted by atomic mass is 10.2. The van der Waals surface area contributed by atoms with E-state index in [2.05, 4.69) is 16.4 Å². The first-order valence-electron chi connectivity index (χ1n) is 5.52. The van der Waals surface area contributed by atoms with Crippen LogP contribution in [0, 0.1) is 0 Å². The van der Waals surface area contributed by atoms with Gasteiger partial charge >= 0.3 is 0 Å². The highest BCUT2D eigenvalue weighted by Gasteiger charge is 1.92. The third-order valence-electron chi connectivity index (χ3n) is 2.25. The SMILES string of the molecule is COCCCCCNCc1cccnc1.Cl. The molecule has 0 saturated heterocycles. The molecule has 0 fully saturated rings. The van der Waals surface area contributed by atoms with Gasteiger partial charge in [0, 0.05) is 32.7 Å². The van der Waals surface area contributed by atoms with Gasteiger partial charge in [-0.1, -0.05) is 6.07 Å². The van der Waals surface area contributed by atoms with Crippen molar-refractivity contribution < 1.29 is 4.74 Å². The summed E-state index contributed by atoms with van der Waals surface area (Å²) in [4.78, 5) is 4.07. The first kappa shape index (κ1) is 15.4. The Morgan fingerprint density at radius 1 is 1.31 bits per heavy atom. The van der Waals surface area contributed by atoms with Crippen molar-refractivity contribution in [2.75, 3.05) is 20.3 Å². The summed E-state index contributed by atoms with van der Waals surface area (Å²) in [6.45, 7) is 2.86. The number of nitrogens with zero attached hydrogens (tertiary/aromatic N) is 1. The van der Waals surface area contributed by atoms with E-state index in [1.54, 1.807) is 13.3 Å². The molecule has 0 bridgehead atoms. The van der Waals surface area contributed by atoms with Gasteiger partial charge in [-0.05, 0) is 37.4 Å². The van der Waals surface area contributed by atoms with Crippen LogP contribution in [-0.4, -0.2) is 25.2 Å². The van der Waals surface area contributed by atoms with E-state index in [0.29, 0.717) is 0 Å². The van der Waals surface area contributed by atoms with E-state index in [0.717, 1.165) is 26.1 Å². The molecule has 0 saturated carbocycles. The standard InChI is InChI=1S/C12H20N2O.ClH/c1-15-9-4-2-3-7-13-10-12-6-5-8-14-11-12;/h5-6,8,11,13H,2-4,7,9-10H2,1H3;1H. The number of unbranched alkanes of at least 4 members (excludes halogenated alkanes) is 2. The third kappa shape index (κ3) is 7.63. The maximum absolute atomic E-state index is 4.99. The molecule has 1 N–H and O–H groups in total. The lowest BCUT2D eigenvalue weighted by molar-refractivity contribution is 0.192. The van der Waals surface area contributed by atoms with Crippen LogP contribution in [0.5, 0.6) is 0 Å². The van der Waals surface area contributed by atoms with Crippen LogP contribution in [0.1, 0.15) is 24.8 Å². The van der Waals surface area contributed by atoms with Crippen LogP contribution in [0.15, 0.2) is 24.5 Å². The van der Waals surface area contributed by atoms with Gasteiger partial charge in [-0.15, -0.1) is 12.4 Å². The van der Waals surface area contributed by atoms with Crippen molar-refractivity contribution in [3.8, 4) is 0 Å². The number of hydrogen-bond acceptors (Lipinski definition) is 3. The fraction of sp³-hybridized carbons (Fsp3) is 0.583. The molecule has 0 aliphatic carbocycles. The van der Waals surface area contributed by atoms with Gasteiger partial charge in [-0.25, -0.2) is 0 Å². The van der Waals surface area contributed by atoms with Crippen molar-refractivity contribution in [2.45, 2.75) is 25.8 Å². The third-order valence-corrected chi connectivity index (χ3v) is 2.25. The Kier molecular flexibility index (Phi) is 10.4. The summed E-state index contributed by atoms with van der Waals surface area (Å²) in [5.74, 6) is 0. The van der Waals surface area contributed by atoms with E-state index < -0.39 is 0 Å². The van der Waals surface area contributed by atoms with E-state index >= 15 is 0 Å². The van der Waals surface area contributed by atoms with Crippen LogP contribution in [0.25, 0.3) is 0 Å². The minimum absolute atomic E-state index is 0. The van der Waals surface area contributed by atoms with Crippen molar-refractivity contribution in [2.24, 2.45) is 0 Å². The monoisotopic (exact) mass is 244 g/mol. The van der Waals surface area contributed by atoms with Crippen LogP contribution >= 0.6 is 12.4 Å². The number of aromatic nitrogens is 1. The molecule has 3 nitrogen and oxygen atoms in total. The Morgan fingerprint density at radius 2 is 2.19 bits per heavy atom. The van der Waals surface area contributed by atoms with Gasteiger partial charge in [0.05, 0.1) is 0 Å². The van der Waals surface area contributed by atoms with Crippen LogP contribution < -0.4 is 5.32 Å². The average molecular weight is 245 g/mol. The second-order valence-electron chi connectivity index (χ2n) is 3.59. The normalized spacial score (nSPS) is 9.81. The molecule has 0 aliphatic heterocycles. The van der Waals surface area contributed by atoms with Gasteiger partial charge in [0.2, 0.25) is 0 Å². The van der Waals surface area contributed by atoms with Crippen LogP contribution in [0.2, 0.25) is 0 Å². The second-order valence-corrected chi connectivity index (χ2v) is 3.59. The molecule has 92 valence electrons. The molecular formula is C12H21ClN2O. The number of pyridine rings is 1. The molecular weight excluding hydrogens is 224 g/mol. The minimum Gasteiger partial charge on any atom is -0.385 e. The van der Waals surface area contributed by atoms with Gasteiger partial charge in [0.15, 0.2) is 0 Å². The quantitative estimate of drug-likeness (QED) is 0.714. The maximum atomic E-state index is 4.99. The minimum atomic E-state index is 0. The van der Waals surface area contributed by atoms with E-state index in [1.807, 2.05) is 12.3 Å². The predicted molar refractivity (Wildman–Crippen MR) is 68.9 cm³/mol. The van der Waals surface area contributed by atoms with Crippen LogP contribution in [-0.2, 0) is 11.3 Å². The summed E-state index contributed by atoms with van der Waals surface area (Å²) in [5.41, 5.74) is 1.24. The lowest BCUT2D eigenvalue weighted by Crippen LogP contribution is -2.14. The first-order valence-corrected chi connectivity index (χ1v) is 5.52. The zero-order chi connectivity index (χ0) is 10.8. The summed E-state index contributed by atoms with van der Waals surface area (Å²) < 4.78 is 4.99. The van der Waals surface area contributed by atoms with E-state index in [4.69, 9.17) is 4.74 Å². The van der Waals surface area contributed by atoms with E-state index in [9.17, 15) is 0 Å². The highest BCUT2D eigenvalue weighted by Crippen LogP contribution is 1.96. The molecule has 0 radical (unpaired) electrons. The van der Waals surface area contributed by atoms with Gasteiger partial charge in [-0.2, -0.15) is 0 Å². The fourth-order valence-corrected chi connectivity index (χ4v) is 1.41. The van der Waals surface area contributed by atoms with Crippen LogP contribution in [0.3, 0.4) is 0 Å². The molecule has 0 spiro atoms. The Hall–Kier alpha value is -0.640. The van der Waals surface area contributed by atoms with E-state index in [1.165, 1.54) is 18.4 Å². The topological polar surface area (TPSA) is 34.1 Å². The molecule has 0 unspecified atom stereocenters. The summed E-state index contributed by atoms with van der Waals surface area (Å²) >= 11 is 0. The van der Waals surface area contributed by atoms with Crippen molar-refractivity contribution in [3.63, 3.8) is 0 Å². The molecule has 4 heteroatoms. The summed E-state index contributed by atoms with van der Waals surface area (Å²) in [5, 5.41) is 3.40. The number of nitrogens with one attached hydrogen (secondary N) is 1.